The maximum absolute atomic E-state index is 6.17. The Morgan fingerprint density at radius 1 is 1.53 bits per heavy atom. The van der Waals surface area contributed by atoms with E-state index in [2.05, 4.69) is 21.8 Å². The monoisotopic (exact) mass is 245 g/mol. The third-order valence-corrected chi connectivity index (χ3v) is 3.66. The summed E-state index contributed by atoms with van der Waals surface area (Å²) in [4.78, 5) is 10.3. The van der Waals surface area contributed by atoms with Crippen LogP contribution in [0.5, 0.6) is 0 Å². The van der Waals surface area contributed by atoms with Crippen LogP contribution in [0.4, 0.5) is 5.82 Å². The molecule has 1 aromatic heterocycles. The highest BCUT2D eigenvalue weighted by atomic mass is 35.5. The molecule has 0 bridgehead atoms. The summed E-state index contributed by atoms with van der Waals surface area (Å²) in [5.74, 6) is 1.29. The number of piperidine rings is 1. The van der Waals surface area contributed by atoms with Crippen molar-refractivity contribution in [1.29, 1.82) is 0 Å². The lowest BCUT2D eigenvalue weighted by Crippen LogP contribution is -2.40. The number of halogens is 2. The molecule has 2 atom stereocenters. The molecule has 0 aliphatic carbocycles. The maximum Gasteiger partial charge on any atom is 0.150 e. The first kappa shape index (κ1) is 11.0. The summed E-state index contributed by atoms with van der Waals surface area (Å²) in [7, 11) is 0. The topological polar surface area (TPSA) is 29.0 Å². The number of nitrogens with zero attached hydrogens (tertiary/aromatic N) is 3. The standard InChI is InChI=1S/C10H13Cl2N3/c1-7-5-15(3-2-8(7)11)10-9(12)4-13-6-14-10/h4,6-8H,2-3,5H2,1H3. The third-order valence-electron chi connectivity index (χ3n) is 2.75. The van der Waals surface area contributed by atoms with Gasteiger partial charge in [0.05, 0.1) is 6.20 Å². The average molecular weight is 246 g/mol. The molecule has 0 N–H and O–H groups in total. The smallest absolute Gasteiger partial charge is 0.150 e. The molecule has 3 nitrogen and oxygen atoms in total. The van der Waals surface area contributed by atoms with Crippen molar-refractivity contribution in [1.82, 2.24) is 9.97 Å². The molecule has 1 fully saturated rings. The van der Waals surface area contributed by atoms with Crippen LogP contribution < -0.4 is 4.90 Å². The zero-order valence-corrected chi connectivity index (χ0v) is 10.0. The van der Waals surface area contributed by atoms with E-state index in [1.54, 1.807) is 6.20 Å². The van der Waals surface area contributed by atoms with Crippen molar-refractivity contribution in [3.63, 3.8) is 0 Å². The van der Waals surface area contributed by atoms with E-state index in [9.17, 15) is 0 Å². The van der Waals surface area contributed by atoms with Crippen LogP contribution in [0.2, 0.25) is 5.02 Å². The highest BCUT2D eigenvalue weighted by Crippen LogP contribution is 2.28. The van der Waals surface area contributed by atoms with E-state index in [-0.39, 0.29) is 5.38 Å². The summed E-state index contributed by atoms with van der Waals surface area (Å²) in [6.07, 6.45) is 4.13. The molecule has 0 spiro atoms. The number of anilines is 1. The molecular weight excluding hydrogens is 233 g/mol. The predicted octanol–water partition coefficient (Wildman–Crippen LogP) is 2.58. The van der Waals surface area contributed by atoms with E-state index < -0.39 is 0 Å². The van der Waals surface area contributed by atoms with Gasteiger partial charge in [-0.2, -0.15) is 0 Å². The Hall–Kier alpha value is -0.540. The summed E-state index contributed by atoms with van der Waals surface area (Å²) in [6, 6.07) is 0. The van der Waals surface area contributed by atoms with Crippen molar-refractivity contribution < 1.29 is 0 Å². The molecule has 0 aromatic carbocycles. The Bertz CT molecular complexity index is 345. The number of alkyl halides is 1. The van der Waals surface area contributed by atoms with E-state index in [0.717, 1.165) is 25.3 Å². The fourth-order valence-corrected chi connectivity index (χ4v) is 2.25. The Morgan fingerprint density at radius 2 is 2.33 bits per heavy atom. The molecule has 5 heteroatoms. The van der Waals surface area contributed by atoms with Gasteiger partial charge >= 0.3 is 0 Å². The minimum Gasteiger partial charge on any atom is -0.355 e. The summed E-state index contributed by atoms with van der Waals surface area (Å²) >= 11 is 12.2. The molecule has 0 amide bonds. The van der Waals surface area contributed by atoms with Crippen molar-refractivity contribution in [2.75, 3.05) is 18.0 Å². The minimum atomic E-state index is 0.266. The summed E-state index contributed by atoms with van der Waals surface area (Å²) < 4.78 is 0. The Labute approximate surface area is 99.4 Å². The summed E-state index contributed by atoms with van der Waals surface area (Å²) in [6.45, 7) is 3.97. The van der Waals surface area contributed by atoms with Crippen LogP contribution in [-0.2, 0) is 0 Å². The molecule has 2 rings (SSSR count). The molecule has 1 aliphatic heterocycles. The fourth-order valence-electron chi connectivity index (χ4n) is 1.85. The van der Waals surface area contributed by atoms with Crippen LogP contribution in [0.3, 0.4) is 0 Å². The molecule has 15 heavy (non-hydrogen) atoms. The first-order valence-corrected chi connectivity index (χ1v) is 5.84. The normalized spacial score (nSPS) is 26.7. The van der Waals surface area contributed by atoms with Gasteiger partial charge in [0.25, 0.3) is 0 Å². The molecule has 82 valence electrons. The Morgan fingerprint density at radius 3 is 3.00 bits per heavy atom. The van der Waals surface area contributed by atoms with E-state index in [4.69, 9.17) is 23.2 Å². The van der Waals surface area contributed by atoms with Gasteiger partial charge in [0.1, 0.15) is 11.3 Å². The minimum absolute atomic E-state index is 0.266. The van der Waals surface area contributed by atoms with Gasteiger partial charge in [-0.1, -0.05) is 18.5 Å². The summed E-state index contributed by atoms with van der Waals surface area (Å²) in [5.41, 5.74) is 0. The molecule has 1 aliphatic rings. The largest absolute Gasteiger partial charge is 0.355 e. The van der Waals surface area contributed by atoms with Gasteiger partial charge in [-0.3, -0.25) is 0 Å². The van der Waals surface area contributed by atoms with E-state index in [1.807, 2.05) is 0 Å². The maximum atomic E-state index is 6.17. The quantitative estimate of drug-likeness (QED) is 0.713. The van der Waals surface area contributed by atoms with Crippen molar-refractivity contribution in [3.05, 3.63) is 17.5 Å². The molecule has 2 heterocycles. The number of hydrogen-bond acceptors (Lipinski definition) is 3. The first-order valence-electron chi connectivity index (χ1n) is 5.03. The SMILES string of the molecule is CC1CN(c2ncncc2Cl)CCC1Cl. The predicted molar refractivity (Wildman–Crippen MR) is 62.7 cm³/mol. The van der Waals surface area contributed by atoms with Gasteiger partial charge < -0.3 is 4.90 Å². The van der Waals surface area contributed by atoms with Gasteiger partial charge in [-0.15, -0.1) is 11.6 Å². The van der Waals surface area contributed by atoms with Crippen LogP contribution in [0.1, 0.15) is 13.3 Å². The second kappa shape index (κ2) is 4.54. The number of aromatic nitrogens is 2. The molecule has 0 radical (unpaired) electrons. The highest BCUT2D eigenvalue weighted by Gasteiger charge is 2.25. The van der Waals surface area contributed by atoms with Crippen molar-refractivity contribution >= 4 is 29.0 Å². The van der Waals surface area contributed by atoms with E-state index in [1.165, 1.54) is 6.33 Å². The molecule has 0 saturated carbocycles. The van der Waals surface area contributed by atoms with Crippen LogP contribution >= 0.6 is 23.2 Å². The van der Waals surface area contributed by atoms with Crippen LogP contribution in [-0.4, -0.2) is 28.4 Å². The van der Waals surface area contributed by atoms with Crippen LogP contribution in [0.25, 0.3) is 0 Å². The van der Waals surface area contributed by atoms with Gasteiger partial charge in [0.2, 0.25) is 0 Å². The van der Waals surface area contributed by atoms with Crippen molar-refractivity contribution in [2.24, 2.45) is 5.92 Å². The van der Waals surface area contributed by atoms with E-state index in [0.29, 0.717) is 10.9 Å². The number of hydrogen-bond donors (Lipinski definition) is 0. The second-order valence-electron chi connectivity index (χ2n) is 3.92. The molecule has 1 aromatic rings. The van der Waals surface area contributed by atoms with Crippen molar-refractivity contribution in [2.45, 2.75) is 18.7 Å². The zero-order chi connectivity index (χ0) is 10.8. The Balaban J connectivity index is 2.15. The lowest BCUT2D eigenvalue weighted by Gasteiger charge is -2.35. The Kier molecular flexibility index (Phi) is 3.32. The molecule has 1 saturated heterocycles. The van der Waals surface area contributed by atoms with Crippen LogP contribution in [0.15, 0.2) is 12.5 Å². The van der Waals surface area contributed by atoms with Gasteiger partial charge in [0, 0.05) is 18.5 Å². The van der Waals surface area contributed by atoms with Crippen molar-refractivity contribution in [3.8, 4) is 0 Å². The highest BCUT2D eigenvalue weighted by molar-refractivity contribution is 6.32. The lowest BCUT2D eigenvalue weighted by molar-refractivity contribution is 0.452. The van der Waals surface area contributed by atoms with Crippen LogP contribution in [0, 0.1) is 5.92 Å². The van der Waals surface area contributed by atoms with Gasteiger partial charge in [0.15, 0.2) is 5.82 Å². The fraction of sp³-hybridized carbons (Fsp3) is 0.600. The van der Waals surface area contributed by atoms with Gasteiger partial charge in [-0.25, -0.2) is 9.97 Å². The lowest BCUT2D eigenvalue weighted by atomic mass is 10.00. The zero-order valence-electron chi connectivity index (χ0n) is 8.53. The average Bonchev–Trinajstić information content (AvgIpc) is 2.23. The second-order valence-corrected chi connectivity index (χ2v) is 4.89. The number of rotatable bonds is 1. The summed E-state index contributed by atoms with van der Waals surface area (Å²) in [5, 5.41) is 0.875. The first-order chi connectivity index (χ1) is 7.18. The molecular formula is C10H13Cl2N3. The van der Waals surface area contributed by atoms with E-state index >= 15 is 0 Å². The van der Waals surface area contributed by atoms with Gasteiger partial charge in [-0.05, 0) is 12.3 Å². The molecule has 2 unspecified atom stereocenters. The third kappa shape index (κ3) is 2.34.